The normalized spacial score (nSPS) is 21.9. The molecule has 9 heteroatoms. The molecule has 1 saturated carbocycles. The highest BCUT2D eigenvalue weighted by Crippen LogP contribution is 2.30. The highest BCUT2D eigenvalue weighted by molar-refractivity contribution is 8.14. The Bertz CT molecular complexity index is 618. The highest BCUT2D eigenvalue weighted by atomic mass is 35.5. The Hall–Kier alpha value is -1.28. The zero-order valence-corrected chi connectivity index (χ0v) is 19.0. The molecule has 2 rings (SSSR count). The average molecular weight is 433 g/mol. The van der Waals surface area contributed by atoms with Crippen molar-refractivity contribution >= 4 is 46.9 Å². The van der Waals surface area contributed by atoms with Gasteiger partial charge in [-0.25, -0.2) is 5.43 Å². The van der Waals surface area contributed by atoms with Crippen LogP contribution in [0.15, 0.2) is 5.10 Å². The molecule has 2 amide bonds. The van der Waals surface area contributed by atoms with E-state index in [9.17, 15) is 14.4 Å². The number of hydrogen-bond donors (Lipinski definition) is 2. The summed E-state index contributed by atoms with van der Waals surface area (Å²) in [6, 6.07) is -0.829. The molecule has 2 N–H and O–H groups in total. The van der Waals surface area contributed by atoms with E-state index in [1.54, 1.807) is 0 Å². The number of nitrogens with zero attached hydrogens (tertiary/aromatic N) is 2. The van der Waals surface area contributed by atoms with Gasteiger partial charge in [0, 0.05) is 24.3 Å². The number of amidine groups is 1. The lowest BCUT2D eigenvalue weighted by atomic mass is 9.88. The molecule has 0 spiro atoms. The van der Waals surface area contributed by atoms with Crippen LogP contribution in [-0.4, -0.2) is 52.0 Å². The number of rotatable bonds is 6. The van der Waals surface area contributed by atoms with Gasteiger partial charge >= 0.3 is 5.91 Å². The van der Waals surface area contributed by atoms with Crippen molar-refractivity contribution in [2.75, 3.05) is 12.8 Å². The Morgan fingerprint density at radius 2 is 1.79 bits per heavy atom. The molecule has 0 unspecified atom stereocenters. The SMILES string of the molecule is CC(C)[C@H](NC(=O)C1CCCCC1)C(=O)C(=O)N/N=C1\SCC(C)(C)N1C.Cl. The van der Waals surface area contributed by atoms with Crippen molar-refractivity contribution < 1.29 is 14.4 Å². The number of hydrogen-bond acceptors (Lipinski definition) is 5. The van der Waals surface area contributed by atoms with E-state index in [0.717, 1.165) is 37.9 Å². The van der Waals surface area contributed by atoms with Crippen LogP contribution in [0.4, 0.5) is 0 Å². The summed E-state index contributed by atoms with van der Waals surface area (Å²) in [6.07, 6.45) is 4.94. The summed E-state index contributed by atoms with van der Waals surface area (Å²) in [4.78, 5) is 39.4. The summed E-state index contributed by atoms with van der Waals surface area (Å²) in [5, 5.41) is 7.58. The van der Waals surface area contributed by atoms with E-state index < -0.39 is 17.7 Å². The van der Waals surface area contributed by atoms with Gasteiger partial charge in [0.05, 0.1) is 6.04 Å². The highest BCUT2D eigenvalue weighted by Gasteiger charge is 2.35. The molecule has 28 heavy (non-hydrogen) atoms. The largest absolute Gasteiger partial charge is 0.347 e. The Kier molecular flexibility index (Phi) is 9.27. The second kappa shape index (κ2) is 10.5. The second-order valence-electron chi connectivity index (χ2n) is 8.42. The van der Waals surface area contributed by atoms with Crippen molar-refractivity contribution in [3.63, 3.8) is 0 Å². The van der Waals surface area contributed by atoms with Gasteiger partial charge in [-0.05, 0) is 32.6 Å². The van der Waals surface area contributed by atoms with Crippen LogP contribution in [0.1, 0.15) is 59.8 Å². The minimum Gasteiger partial charge on any atom is -0.347 e. The van der Waals surface area contributed by atoms with Crippen LogP contribution in [0.2, 0.25) is 0 Å². The monoisotopic (exact) mass is 432 g/mol. The van der Waals surface area contributed by atoms with Gasteiger partial charge in [0.2, 0.25) is 11.7 Å². The third-order valence-electron chi connectivity index (χ3n) is 5.45. The molecular weight excluding hydrogens is 400 g/mol. The third-order valence-corrected chi connectivity index (χ3v) is 6.92. The predicted molar refractivity (Wildman–Crippen MR) is 115 cm³/mol. The summed E-state index contributed by atoms with van der Waals surface area (Å²) < 4.78 is 0. The number of amides is 2. The molecule has 0 aromatic carbocycles. The van der Waals surface area contributed by atoms with Crippen LogP contribution < -0.4 is 10.7 Å². The molecule has 1 saturated heterocycles. The minimum atomic E-state index is -0.829. The Labute approximate surface area is 178 Å². The smallest absolute Gasteiger partial charge is 0.309 e. The lowest BCUT2D eigenvalue weighted by molar-refractivity contribution is -0.141. The maximum absolute atomic E-state index is 12.6. The lowest BCUT2D eigenvalue weighted by Gasteiger charge is -2.27. The summed E-state index contributed by atoms with van der Waals surface area (Å²) >= 11 is 1.54. The minimum absolute atomic E-state index is 0. The Morgan fingerprint density at radius 3 is 2.29 bits per heavy atom. The first-order valence-electron chi connectivity index (χ1n) is 9.72. The molecule has 1 heterocycles. The first-order valence-corrected chi connectivity index (χ1v) is 10.7. The van der Waals surface area contributed by atoms with Crippen LogP contribution in [0, 0.1) is 11.8 Å². The van der Waals surface area contributed by atoms with E-state index in [-0.39, 0.29) is 35.7 Å². The van der Waals surface area contributed by atoms with E-state index in [1.807, 2.05) is 25.8 Å². The molecule has 0 aromatic rings. The predicted octanol–water partition coefficient (Wildman–Crippen LogP) is 2.54. The Morgan fingerprint density at radius 1 is 1.18 bits per heavy atom. The summed E-state index contributed by atoms with van der Waals surface area (Å²) in [5.74, 6) is -0.924. The lowest BCUT2D eigenvalue weighted by Crippen LogP contribution is -2.51. The van der Waals surface area contributed by atoms with Crippen LogP contribution in [0.25, 0.3) is 0 Å². The van der Waals surface area contributed by atoms with Crippen LogP contribution in [-0.2, 0) is 14.4 Å². The quantitative estimate of drug-likeness (QED) is 0.497. The van der Waals surface area contributed by atoms with Crippen LogP contribution >= 0.6 is 24.2 Å². The number of carbonyl (C=O) groups excluding carboxylic acids is 3. The van der Waals surface area contributed by atoms with Gasteiger partial charge in [0.1, 0.15) is 0 Å². The van der Waals surface area contributed by atoms with Gasteiger partial charge in [-0.3, -0.25) is 14.4 Å². The molecule has 160 valence electrons. The first kappa shape index (κ1) is 24.8. The molecule has 2 aliphatic rings. The van der Waals surface area contributed by atoms with Gasteiger partial charge in [-0.2, -0.15) is 0 Å². The number of ketones is 1. The van der Waals surface area contributed by atoms with E-state index in [1.165, 1.54) is 11.8 Å². The zero-order chi connectivity index (χ0) is 20.2. The molecular formula is C19H33ClN4O3S. The molecule has 0 bridgehead atoms. The van der Waals surface area contributed by atoms with E-state index in [2.05, 4.69) is 29.7 Å². The topological polar surface area (TPSA) is 90.9 Å². The van der Waals surface area contributed by atoms with E-state index in [0.29, 0.717) is 5.17 Å². The van der Waals surface area contributed by atoms with Crippen LogP contribution in [0.3, 0.4) is 0 Å². The van der Waals surface area contributed by atoms with Crippen molar-refractivity contribution in [2.24, 2.45) is 16.9 Å². The summed E-state index contributed by atoms with van der Waals surface area (Å²) in [5.41, 5.74) is 2.32. The number of carbonyl (C=O) groups is 3. The fraction of sp³-hybridized carbons (Fsp3) is 0.789. The molecule has 1 aliphatic carbocycles. The third kappa shape index (κ3) is 6.11. The summed E-state index contributed by atoms with van der Waals surface area (Å²) in [6.45, 7) is 7.83. The van der Waals surface area contributed by atoms with Crippen LogP contribution in [0.5, 0.6) is 0 Å². The number of Topliss-reactive ketones (excluding diaryl/α,β-unsaturated/α-hetero) is 1. The first-order chi connectivity index (χ1) is 12.6. The maximum atomic E-state index is 12.6. The molecule has 2 fully saturated rings. The molecule has 0 aromatic heterocycles. The van der Waals surface area contributed by atoms with E-state index in [4.69, 9.17) is 0 Å². The molecule has 1 atom stereocenters. The van der Waals surface area contributed by atoms with Gasteiger partial charge in [0.15, 0.2) is 5.17 Å². The van der Waals surface area contributed by atoms with E-state index >= 15 is 0 Å². The summed E-state index contributed by atoms with van der Waals surface area (Å²) in [7, 11) is 1.91. The van der Waals surface area contributed by atoms with Gasteiger partial charge in [-0.1, -0.05) is 44.9 Å². The molecule has 7 nitrogen and oxygen atoms in total. The van der Waals surface area contributed by atoms with Crippen molar-refractivity contribution in [1.82, 2.24) is 15.6 Å². The number of halogens is 1. The van der Waals surface area contributed by atoms with Crippen molar-refractivity contribution in [3.05, 3.63) is 0 Å². The second-order valence-corrected chi connectivity index (χ2v) is 9.37. The fourth-order valence-electron chi connectivity index (χ4n) is 3.27. The van der Waals surface area contributed by atoms with Gasteiger partial charge in [-0.15, -0.1) is 17.5 Å². The number of nitrogens with one attached hydrogen (secondary N) is 2. The maximum Gasteiger partial charge on any atom is 0.309 e. The van der Waals surface area contributed by atoms with Crippen molar-refractivity contribution in [3.8, 4) is 0 Å². The number of thioether (sulfide) groups is 1. The number of hydrazone groups is 1. The van der Waals surface area contributed by atoms with Crippen molar-refractivity contribution in [1.29, 1.82) is 0 Å². The van der Waals surface area contributed by atoms with Gasteiger partial charge < -0.3 is 10.2 Å². The molecule has 1 aliphatic heterocycles. The van der Waals surface area contributed by atoms with Crippen molar-refractivity contribution in [2.45, 2.75) is 71.4 Å². The molecule has 0 radical (unpaired) electrons. The van der Waals surface area contributed by atoms with Gasteiger partial charge in [0.25, 0.3) is 0 Å². The average Bonchev–Trinajstić information content (AvgIpc) is 2.90. The standard InChI is InChI=1S/C19H32N4O3S.ClH/c1-12(2)14(20-16(25)13-9-7-6-8-10-13)15(24)17(26)21-22-18-23(5)19(3,4)11-27-18;/h12-14H,6-11H2,1-5H3,(H,20,25)(H,21,26);1H/b22-18-;/t14-;/m0./s1. The Balaban J connectivity index is 0.00000392. The zero-order valence-electron chi connectivity index (χ0n) is 17.4. The fourth-order valence-corrected chi connectivity index (χ4v) is 4.49.